The molecule has 0 saturated carbocycles. The molecule has 0 radical (unpaired) electrons. The lowest BCUT2D eigenvalue weighted by Gasteiger charge is -2.15. The first-order valence-electron chi connectivity index (χ1n) is 7.32. The summed E-state index contributed by atoms with van der Waals surface area (Å²) < 4.78 is 20.0. The molecule has 0 bridgehead atoms. The van der Waals surface area contributed by atoms with E-state index in [0.29, 0.717) is 5.56 Å². The van der Waals surface area contributed by atoms with Gasteiger partial charge < -0.3 is 4.74 Å². The number of hydrogen-bond donors (Lipinski definition) is 0. The van der Waals surface area contributed by atoms with Gasteiger partial charge in [-0.25, -0.2) is 9.18 Å². The Kier molecular flexibility index (Phi) is 5.48. The van der Waals surface area contributed by atoms with Gasteiger partial charge in [-0.1, -0.05) is 67.6 Å². The van der Waals surface area contributed by atoms with Gasteiger partial charge in [-0.15, -0.1) is 0 Å². The third-order valence-electron chi connectivity index (χ3n) is 3.46. The molecule has 0 aliphatic carbocycles. The summed E-state index contributed by atoms with van der Waals surface area (Å²) in [6.07, 6.45) is 0. The third kappa shape index (κ3) is 3.61. The first-order valence-corrected chi connectivity index (χ1v) is 7.32. The second kappa shape index (κ2) is 7.55. The van der Waals surface area contributed by atoms with E-state index in [2.05, 4.69) is 0 Å². The average Bonchev–Trinajstić information content (AvgIpc) is 2.56. The molecule has 0 aliphatic heterocycles. The summed E-state index contributed by atoms with van der Waals surface area (Å²) >= 11 is 0. The number of ether oxygens (including phenoxy) is 1. The molecule has 0 amide bonds. The smallest absolute Gasteiger partial charge is 0.341 e. The van der Waals surface area contributed by atoms with Crippen LogP contribution in [0.15, 0.2) is 66.5 Å². The van der Waals surface area contributed by atoms with E-state index in [1.54, 1.807) is 38.1 Å². The van der Waals surface area contributed by atoms with Gasteiger partial charge in [0.15, 0.2) is 0 Å². The van der Waals surface area contributed by atoms with Crippen molar-refractivity contribution in [2.45, 2.75) is 19.8 Å². The van der Waals surface area contributed by atoms with Crippen molar-refractivity contribution in [3.8, 4) is 0 Å². The minimum absolute atomic E-state index is 0.00111. The van der Waals surface area contributed by atoms with Crippen LogP contribution in [0.3, 0.4) is 0 Å². The third-order valence-corrected chi connectivity index (χ3v) is 3.46. The van der Waals surface area contributed by atoms with Crippen molar-refractivity contribution in [1.82, 2.24) is 0 Å². The molecule has 0 fully saturated rings. The van der Waals surface area contributed by atoms with Crippen LogP contribution in [0.1, 0.15) is 30.9 Å². The largest absolute Gasteiger partial charge is 0.462 e. The van der Waals surface area contributed by atoms with Crippen molar-refractivity contribution in [3.05, 3.63) is 77.6 Å². The van der Waals surface area contributed by atoms with Crippen LogP contribution in [0.2, 0.25) is 0 Å². The minimum Gasteiger partial charge on any atom is -0.462 e. The topological polar surface area (TPSA) is 26.3 Å². The summed E-state index contributed by atoms with van der Waals surface area (Å²) in [4.78, 5) is 12.2. The summed E-state index contributed by atoms with van der Waals surface area (Å²) in [5.74, 6) is -1.62. The maximum absolute atomic E-state index is 15.0. The molecule has 0 aromatic heterocycles. The number of hydrogen-bond acceptors (Lipinski definition) is 2. The summed E-state index contributed by atoms with van der Waals surface area (Å²) in [6.45, 7) is 3.66. The highest BCUT2D eigenvalue weighted by Gasteiger charge is 2.23. The monoisotopic (exact) mass is 298 g/mol. The number of carbonyl (C=O) groups excluding carboxylic acids is 1. The van der Waals surface area contributed by atoms with Gasteiger partial charge in [-0.2, -0.15) is 0 Å². The zero-order valence-electron chi connectivity index (χ0n) is 12.8. The number of esters is 1. The fourth-order valence-corrected chi connectivity index (χ4v) is 2.27. The molecule has 0 spiro atoms. The van der Waals surface area contributed by atoms with Crippen molar-refractivity contribution < 1.29 is 13.9 Å². The lowest BCUT2D eigenvalue weighted by atomic mass is 9.94. The average molecular weight is 298 g/mol. The summed E-state index contributed by atoms with van der Waals surface area (Å²) in [6, 6.07) is 18.1. The van der Waals surface area contributed by atoms with Crippen LogP contribution >= 0.6 is 0 Å². The highest BCUT2D eigenvalue weighted by molar-refractivity contribution is 6.17. The number of rotatable bonds is 5. The zero-order valence-corrected chi connectivity index (χ0v) is 12.8. The number of halogens is 1. The molecule has 2 aromatic carbocycles. The van der Waals surface area contributed by atoms with Gasteiger partial charge >= 0.3 is 5.97 Å². The fraction of sp³-hybridized carbons (Fsp3) is 0.211. The number of benzene rings is 2. The predicted molar refractivity (Wildman–Crippen MR) is 86.0 cm³/mol. The van der Waals surface area contributed by atoms with E-state index in [4.69, 9.17) is 4.74 Å². The molecule has 22 heavy (non-hydrogen) atoms. The normalized spacial score (nSPS) is 13.2. The molecule has 0 saturated heterocycles. The molecule has 2 nitrogen and oxygen atoms in total. The Morgan fingerprint density at radius 1 is 1.05 bits per heavy atom. The van der Waals surface area contributed by atoms with Crippen molar-refractivity contribution in [2.75, 3.05) is 6.61 Å². The van der Waals surface area contributed by atoms with E-state index in [-0.39, 0.29) is 12.2 Å². The van der Waals surface area contributed by atoms with Gasteiger partial charge in [0.25, 0.3) is 0 Å². The fourth-order valence-electron chi connectivity index (χ4n) is 2.27. The van der Waals surface area contributed by atoms with Gasteiger partial charge in [-0.05, 0) is 18.1 Å². The van der Waals surface area contributed by atoms with Gasteiger partial charge in [-0.3, -0.25) is 0 Å². The lowest BCUT2D eigenvalue weighted by Crippen LogP contribution is -2.10. The maximum Gasteiger partial charge on any atom is 0.341 e. The molecule has 3 heteroatoms. The van der Waals surface area contributed by atoms with Gasteiger partial charge in [0.2, 0.25) is 0 Å². The molecule has 0 N–H and O–H groups in total. The van der Waals surface area contributed by atoms with E-state index < -0.39 is 17.7 Å². The van der Waals surface area contributed by atoms with Crippen LogP contribution in [0, 0.1) is 0 Å². The maximum atomic E-state index is 15.0. The zero-order chi connectivity index (χ0) is 15.9. The quantitative estimate of drug-likeness (QED) is 0.589. The second-order valence-corrected chi connectivity index (χ2v) is 4.94. The molecule has 1 atom stereocenters. The van der Waals surface area contributed by atoms with Gasteiger partial charge in [0, 0.05) is 5.92 Å². The van der Waals surface area contributed by atoms with Crippen molar-refractivity contribution in [3.63, 3.8) is 0 Å². The van der Waals surface area contributed by atoms with E-state index in [0.717, 1.165) is 5.56 Å². The van der Waals surface area contributed by atoms with Crippen LogP contribution in [-0.2, 0) is 9.53 Å². The highest BCUT2D eigenvalue weighted by Crippen LogP contribution is 2.32. The van der Waals surface area contributed by atoms with Crippen molar-refractivity contribution in [1.29, 1.82) is 0 Å². The first kappa shape index (κ1) is 16.0. The molecule has 114 valence electrons. The Balaban J connectivity index is 2.48. The second-order valence-electron chi connectivity index (χ2n) is 4.94. The van der Waals surface area contributed by atoms with Crippen molar-refractivity contribution in [2.24, 2.45) is 0 Å². The van der Waals surface area contributed by atoms with Crippen molar-refractivity contribution >= 4 is 11.5 Å². The predicted octanol–water partition coefficient (Wildman–Crippen LogP) is 4.73. The summed E-state index contributed by atoms with van der Waals surface area (Å²) in [7, 11) is 0. The molecule has 0 heterocycles. The molecule has 2 aromatic rings. The van der Waals surface area contributed by atoms with Crippen LogP contribution < -0.4 is 0 Å². The Hall–Kier alpha value is -2.42. The SMILES string of the molecule is CCOC(=O)/C(=C(/F)[C@H](C)c1ccccc1)c1ccccc1. The van der Waals surface area contributed by atoms with E-state index in [1.807, 2.05) is 36.4 Å². The number of allylic oxidation sites excluding steroid dienone is 1. The summed E-state index contributed by atoms with van der Waals surface area (Å²) in [5.41, 5.74) is 1.35. The van der Waals surface area contributed by atoms with Gasteiger partial charge in [0.05, 0.1) is 12.2 Å². The molecule has 2 rings (SSSR count). The Bertz CT molecular complexity index is 648. The molecule has 0 aliphatic rings. The minimum atomic E-state index is -0.631. The van der Waals surface area contributed by atoms with E-state index >= 15 is 0 Å². The molecular formula is C19H19FO2. The van der Waals surface area contributed by atoms with Crippen LogP contribution in [-0.4, -0.2) is 12.6 Å². The Morgan fingerprint density at radius 3 is 2.14 bits per heavy atom. The van der Waals surface area contributed by atoms with E-state index in [9.17, 15) is 9.18 Å². The van der Waals surface area contributed by atoms with Gasteiger partial charge in [0.1, 0.15) is 5.83 Å². The highest BCUT2D eigenvalue weighted by atomic mass is 19.1. The Labute approximate surface area is 130 Å². The van der Waals surface area contributed by atoms with E-state index in [1.165, 1.54) is 0 Å². The lowest BCUT2D eigenvalue weighted by molar-refractivity contribution is -0.136. The Morgan fingerprint density at radius 2 is 1.59 bits per heavy atom. The number of carbonyl (C=O) groups is 1. The van der Waals surface area contributed by atoms with Crippen LogP contribution in [0.25, 0.3) is 5.57 Å². The summed E-state index contributed by atoms with van der Waals surface area (Å²) in [5, 5.41) is 0. The first-order chi connectivity index (χ1) is 10.6. The standard InChI is InChI=1S/C19H19FO2/c1-3-22-19(21)17(16-12-8-5-9-13-16)18(20)14(2)15-10-6-4-7-11-15/h4-14H,3H2,1-2H3/b18-17+/t14-/m1/s1. The molecule has 0 unspecified atom stereocenters. The molecular weight excluding hydrogens is 279 g/mol. The van der Waals surface area contributed by atoms with Crippen LogP contribution in [0.4, 0.5) is 4.39 Å². The van der Waals surface area contributed by atoms with Crippen LogP contribution in [0.5, 0.6) is 0 Å².